The second kappa shape index (κ2) is 12.0. The maximum atomic E-state index is 10.9. The molecule has 2 N–H and O–H groups in total. The second-order valence-corrected chi connectivity index (χ2v) is 11.4. The molecule has 1 aromatic carbocycles. The number of hydrogen-bond donors (Lipinski definition) is 2. The number of hydrogen-bond acceptors (Lipinski definition) is 4. The Morgan fingerprint density at radius 2 is 1.54 bits per heavy atom. The van der Waals surface area contributed by atoms with Gasteiger partial charge in [-0.1, -0.05) is 52.0 Å². The Balaban J connectivity index is 0.000000194. The van der Waals surface area contributed by atoms with Crippen molar-refractivity contribution in [3.63, 3.8) is 0 Å². The molecule has 0 saturated heterocycles. The van der Waals surface area contributed by atoms with Gasteiger partial charge >= 0.3 is 0 Å². The molecular formula is C30H40IrNO2S-. The molecule has 2 heterocycles. The van der Waals surface area contributed by atoms with Crippen LogP contribution < -0.4 is 0 Å². The Morgan fingerprint density at radius 1 is 0.914 bits per heavy atom. The van der Waals surface area contributed by atoms with Gasteiger partial charge in [-0.2, -0.15) is 0 Å². The molecule has 2 fully saturated rings. The summed E-state index contributed by atoms with van der Waals surface area (Å²) in [6, 6.07) is 17.6. The molecule has 35 heavy (non-hydrogen) atoms. The molecule has 0 aliphatic heterocycles. The van der Waals surface area contributed by atoms with Gasteiger partial charge in [-0.3, -0.25) is 0 Å². The van der Waals surface area contributed by atoms with E-state index >= 15 is 0 Å². The average molecular weight is 671 g/mol. The van der Waals surface area contributed by atoms with Crippen molar-refractivity contribution < 1.29 is 30.3 Å². The quantitative estimate of drug-likeness (QED) is 0.277. The van der Waals surface area contributed by atoms with E-state index in [2.05, 4.69) is 56.9 Å². The Kier molecular flexibility index (Phi) is 9.73. The van der Waals surface area contributed by atoms with Crippen LogP contribution in [0.2, 0.25) is 0 Å². The monoisotopic (exact) mass is 671 g/mol. The first-order valence-corrected chi connectivity index (χ1v) is 13.9. The van der Waals surface area contributed by atoms with Crippen LogP contribution in [0.15, 0.2) is 48.7 Å². The Morgan fingerprint density at radius 3 is 2.14 bits per heavy atom. The van der Waals surface area contributed by atoms with Gasteiger partial charge in [-0.15, -0.1) is 23.6 Å². The number of aliphatic hydroxyl groups excluding tert-OH is 2. The number of aromatic nitrogens is 1. The van der Waals surface area contributed by atoms with E-state index in [0.29, 0.717) is 5.92 Å². The molecule has 3 aromatic rings. The first kappa shape index (κ1) is 28.5. The molecular weight excluding hydrogens is 631 g/mol. The van der Waals surface area contributed by atoms with Crippen molar-refractivity contribution >= 4 is 21.4 Å². The Labute approximate surface area is 228 Å². The fourth-order valence-electron chi connectivity index (χ4n) is 6.71. The smallest absolute Gasteiger partial charge is 0.0651 e. The van der Waals surface area contributed by atoms with Crippen LogP contribution in [0.25, 0.3) is 20.7 Å². The van der Waals surface area contributed by atoms with Crippen molar-refractivity contribution in [2.75, 3.05) is 0 Å². The van der Waals surface area contributed by atoms with Crippen molar-refractivity contribution in [3.05, 3.63) is 54.7 Å². The van der Waals surface area contributed by atoms with Gasteiger partial charge < -0.3 is 15.2 Å². The summed E-state index contributed by atoms with van der Waals surface area (Å²) < 4.78 is 1.26. The van der Waals surface area contributed by atoms with Gasteiger partial charge in [0.25, 0.3) is 0 Å². The summed E-state index contributed by atoms with van der Waals surface area (Å²) in [5.74, 6) is 0.657. The summed E-state index contributed by atoms with van der Waals surface area (Å²) in [4.78, 5) is 5.43. The zero-order chi connectivity index (χ0) is 24.3. The van der Waals surface area contributed by atoms with E-state index < -0.39 is 0 Å². The first-order chi connectivity index (χ1) is 16.4. The molecule has 5 heteroatoms. The number of nitrogens with zero attached hydrogens (tertiary/aromatic N) is 1. The average Bonchev–Trinajstić information content (AvgIpc) is 3.45. The molecule has 0 spiro atoms. The van der Waals surface area contributed by atoms with Gasteiger partial charge in [0.05, 0.1) is 12.2 Å². The van der Waals surface area contributed by atoms with Crippen LogP contribution >= 0.6 is 11.3 Å². The summed E-state index contributed by atoms with van der Waals surface area (Å²) in [5.41, 5.74) is 1.12. The van der Waals surface area contributed by atoms with Gasteiger partial charge in [-0.25, -0.2) is 11.3 Å². The molecule has 2 aliphatic carbocycles. The summed E-state index contributed by atoms with van der Waals surface area (Å²) >= 11 is 1.73. The third kappa shape index (κ3) is 5.31. The van der Waals surface area contributed by atoms with Gasteiger partial charge in [0, 0.05) is 37.9 Å². The molecule has 2 aromatic heterocycles. The SMILES string of the molecule is CCC1(CC)CCC2CC(CC)(CC)C(O)C2C1O.[Ir].[c-]1c(-c2ccccn2)sc2ccccc12. The molecule has 2 aliphatic rings. The van der Waals surface area contributed by atoms with E-state index in [9.17, 15) is 10.2 Å². The molecule has 0 amide bonds. The van der Waals surface area contributed by atoms with Gasteiger partial charge in [0.2, 0.25) is 0 Å². The Bertz CT molecular complexity index is 1020. The molecule has 5 rings (SSSR count). The molecule has 2 saturated carbocycles. The van der Waals surface area contributed by atoms with Crippen molar-refractivity contribution in [2.45, 2.75) is 84.8 Å². The van der Waals surface area contributed by atoms with Crippen LogP contribution in [-0.4, -0.2) is 27.4 Å². The third-order valence-electron chi connectivity index (χ3n) is 9.27. The van der Waals surface area contributed by atoms with Crippen molar-refractivity contribution in [1.82, 2.24) is 4.98 Å². The number of aliphatic hydroxyl groups is 2. The minimum atomic E-state index is -0.309. The van der Waals surface area contributed by atoms with Crippen LogP contribution in [-0.2, 0) is 20.1 Å². The number of thiophene rings is 1. The summed E-state index contributed by atoms with van der Waals surface area (Å²) in [6.07, 6.45) is 8.79. The minimum Gasteiger partial charge on any atom is -0.392 e. The molecule has 1 radical (unpaired) electrons. The first-order valence-electron chi connectivity index (χ1n) is 13.1. The van der Waals surface area contributed by atoms with E-state index in [1.807, 2.05) is 30.5 Å². The Hall–Kier alpha value is -1.10. The fourth-order valence-corrected chi connectivity index (χ4v) is 7.69. The predicted molar refractivity (Wildman–Crippen MR) is 143 cm³/mol. The van der Waals surface area contributed by atoms with E-state index in [1.165, 1.54) is 16.5 Å². The van der Waals surface area contributed by atoms with Gasteiger partial charge in [-0.05, 0) is 77.3 Å². The van der Waals surface area contributed by atoms with Gasteiger partial charge in [0.15, 0.2) is 0 Å². The summed E-state index contributed by atoms with van der Waals surface area (Å²) in [5, 5.41) is 23.0. The molecule has 193 valence electrons. The zero-order valence-corrected chi connectivity index (χ0v) is 24.7. The molecule has 4 unspecified atom stereocenters. The van der Waals surface area contributed by atoms with Crippen molar-refractivity contribution in [2.24, 2.45) is 22.7 Å². The van der Waals surface area contributed by atoms with Crippen LogP contribution in [0.4, 0.5) is 0 Å². The number of pyridine rings is 1. The summed E-state index contributed by atoms with van der Waals surface area (Å²) in [7, 11) is 0. The number of fused-ring (bicyclic) bond motifs is 2. The standard InChI is InChI=1S/C17H32O2.C13H8NS.Ir/c1-5-16(6-2)10-9-12-11-17(7-3,8-4)15(19)13(12)14(16)18;1-2-7-12-10(5-1)9-13(15-12)11-6-3-4-8-14-11;/h12-15,18-19H,5-11H2,1-4H3;1-8H;/q;-1;. The van der Waals surface area contributed by atoms with Crippen molar-refractivity contribution in [3.8, 4) is 10.6 Å². The largest absolute Gasteiger partial charge is 0.392 e. The van der Waals surface area contributed by atoms with Crippen LogP contribution in [0, 0.1) is 28.7 Å². The van der Waals surface area contributed by atoms with Crippen LogP contribution in [0.1, 0.15) is 72.6 Å². The normalized spacial score (nSPS) is 26.3. The predicted octanol–water partition coefficient (Wildman–Crippen LogP) is 7.51. The summed E-state index contributed by atoms with van der Waals surface area (Å²) in [6.45, 7) is 8.79. The zero-order valence-electron chi connectivity index (χ0n) is 21.5. The molecule has 3 nitrogen and oxygen atoms in total. The third-order valence-corrected chi connectivity index (χ3v) is 10.4. The van der Waals surface area contributed by atoms with Crippen LogP contribution in [0.5, 0.6) is 0 Å². The number of benzene rings is 1. The fraction of sp³-hybridized carbons (Fsp3) is 0.567. The minimum absolute atomic E-state index is 0. The van der Waals surface area contributed by atoms with E-state index in [1.54, 1.807) is 11.3 Å². The van der Waals surface area contributed by atoms with Crippen LogP contribution in [0.3, 0.4) is 0 Å². The molecule has 4 atom stereocenters. The van der Waals surface area contributed by atoms with E-state index in [4.69, 9.17) is 0 Å². The second-order valence-electron chi connectivity index (χ2n) is 10.4. The van der Waals surface area contributed by atoms with Crippen molar-refractivity contribution in [1.29, 1.82) is 0 Å². The molecule has 0 bridgehead atoms. The topological polar surface area (TPSA) is 53.4 Å². The maximum Gasteiger partial charge on any atom is 0.0651 e. The van der Waals surface area contributed by atoms with Gasteiger partial charge in [0.1, 0.15) is 0 Å². The van der Waals surface area contributed by atoms with E-state index in [0.717, 1.165) is 49.1 Å². The maximum absolute atomic E-state index is 10.9. The van der Waals surface area contributed by atoms with E-state index in [-0.39, 0.29) is 49.1 Å². The number of rotatable bonds is 5.